The van der Waals surface area contributed by atoms with Gasteiger partial charge in [0.25, 0.3) is 0 Å². The first kappa shape index (κ1) is 22.5. The first-order chi connectivity index (χ1) is 16.0. The Morgan fingerprint density at radius 3 is 2.42 bits per heavy atom. The Kier molecular flexibility index (Phi) is 7.02. The molecule has 1 aromatic heterocycles. The van der Waals surface area contributed by atoms with Crippen LogP contribution in [0.2, 0.25) is 0 Å². The third-order valence-corrected chi connectivity index (χ3v) is 5.54. The first-order valence-corrected chi connectivity index (χ1v) is 10.7. The summed E-state index contributed by atoms with van der Waals surface area (Å²) in [6, 6.07) is 15.1. The fraction of sp³-hybridized carbons (Fsp3) is 0.280. The predicted molar refractivity (Wildman–Crippen MR) is 119 cm³/mol. The van der Waals surface area contributed by atoms with E-state index in [2.05, 4.69) is 4.98 Å². The van der Waals surface area contributed by atoms with Crippen LogP contribution in [0.4, 0.5) is 20.2 Å². The number of carbonyl (C=O) groups is 1. The molecule has 0 saturated heterocycles. The van der Waals surface area contributed by atoms with Gasteiger partial charge in [0.2, 0.25) is 0 Å². The molecule has 0 bridgehead atoms. The van der Waals surface area contributed by atoms with Gasteiger partial charge in [0.1, 0.15) is 0 Å². The highest BCUT2D eigenvalue weighted by Crippen LogP contribution is 2.38. The number of ether oxygens (including phenoxy) is 2. The van der Waals surface area contributed by atoms with Crippen LogP contribution in [0.1, 0.15) is 41.6 Å². The van der Waals surface area contributed by atoms with Crippen molar-refractivity contribution in [1.82, 2.24) is 4.98 Å². The average molecular weight is 454 g/mol. The molecular weight excluding hydrogens is 430 g/mol. The molecule has 0 aliphatic heterocycles. The lowest BCUT2D eigenvalue weighted by Gasteiger charge is -2.27. The van der Waals surface area contributed by atoms with E-state index in [1.165, 1.54) is 18.2 Å². The number of carboxylic acid groups (broad SMARTS) is 1. The van der Waals surface area contributed by atoms with Gasteiger partial charge in [-0.3, -0.25) is 4.98 Å². The van der Waals surface area contributed by atoms with E-state index in [0.717, 1.165) is 36.9 Å². The molecule has 1 fully saturated rings. The van der Waals surface area contributed by atoms with Crippen molar-refractivity contribution < 1.29 is 28.2 Å². The van der Waals surface area contributed by atoms with Crippen molar-refractivity contribution in [2.24, 2.45) is 0 Å². The monoisotopic (exact) mass is 454 g/mol. The van der Waals surface area contributed by atoms with E-state index < -0.39 is 12.6 Å². The van der Waals surface area contributed by atoms with Crippen molar-refractivity contribution in [1.29, 1.82) is 0 Å². The number of hydrogen-bond donors (Lipinski definition) is 1. The molecule has 0 amide bonds. The number of hydrogen-bond acceptors (Lipinski definition) is 5. The number of aromatic nitrogens is 1. The maximum absolute atomic E-state index is 13.0. The zero-order valence-electron chi connectivity index (χ0n) is 17.9. The van der Waals surface area contributed by atoms with Crippen molar-refractivity contribution in [3.63, 3.8) is 0 Å². The molecule has 1 N–H and O–H groups in total. The standard InChI is InChI=1S/C25H24F2N2O4/c26-25(27)33-22-12-11-20(14-23(22)32-21-5-1-2-6-21)29(16-17-4-3-13-28-15-17)19-9-7-18(8-10-19)24(30)31/h3-4,7-15,21,25H,1-2,5-6,16H2,(H,30,31). The van der Waals surface area contributed by atoms with Gasteiger partial charge in [0.15, 0.2) is 11.5 Å². The van der Waals surface area contributed by atoms with Gasteiger partial charge in [0, 0.05) is 36.4 Å². The molecule has 172 valence electrons. The van der Waals surface area contributed by atoms with E-state index in [1.54, 1.807) is 36.7 Å². The lowest BCUT2D eigenvalue weighted by molar-refractivity contribution is -0.0520. The summed E-state index contributed by atoms with van der Waals surface area (Å²) in [7, 11) is 0. The van der Waals surface area contributed by atoms with Crippen molar-refractivity contribution in [2.45, 2.75) is 44.9 Å². The second-order valence-corrected chi connectivity index (χ2v) is 7.83. The molecule has 0 radical (unpaired) electrons. The van der Waals surface area contributed by atoms with Crippen LogP contribution in [0.5, 0.6) is 11.5 Å². The van der Waals surface area contributed by atoms with Crippen LogP contribution in [-0.2, 0) is 6.54 Å². The summed E-state index contributed by atoms with van der Waals surface area (Å²) in [6.45, 7) is -2.53. The van der Waals surface area contributed by atoms with Gasteiger partial charge >= 0.3 is 12.6 Å². The van der Waals surface area contributed by atoms with Gasteiger partial charge in [-0.05, 0) is 73.7 Å². The second-order valence-electron chi connectivity index (χ2n) is 7.83. The minimum Gasteiger partial charge on any atom is -0.486 e. The maximum atomic E-state index is 13.0. The minimum atomic E-state index is -2.96. The first-order valence-electron chi connectivity index (χ1n) is 10.7. The van der Waals surface area contributed by atoms with Crippen LogP contribution in [0, 0.1) is 0 Å². The molecule has 8 heteroatoms. The molecule has 2 aromatic carbocycles. The molecule has 0 unspecified atom stereocenters. The summed E-state index contributed by atoms with van der Waals surface area (Å²) < 4.78 is 36.7. The highest BCUT2D eigenvalue weighted by atomic mass is 19.3. The quantitative estimate of drug-likeness (QED) is 0.425. The molecular formula is C25H24F2N2O4. The van der Waals surface area contributed by atoms with Crippen LogP contribution >= 0.6 is 0 Å². The summed E-state index contributed by atoms with van der Waals surface area (Å²) in [5, 5.41) is 9.23. The van der Waals surface area contributed by atoms with Crippen LogP contribution in [0.3, 0.4) is 0 Å². The zero-order valence-corrected chi connectivity index (χ0v) is 17.9. The summed E-state index contributed by atoms with van der Waals surface area (Å²) >= 11 is 0. The summed E-state index contributed by atoms with van der Waals surface area (Å²) in [5.74, 6) is -0.762. The molecule has 0 spiro atoms. The van der Waals surface area contributed by atoms with Gasteiger partial charge in [0.05, 0.1) is 11.7 Å². The molecule has 6 nitrogen and oxygen atoms in total. The Morgan fingerprint density at radius 2 is 1.79 bits per heavy atom. The molecule has 1 aliphatic rings. The minimum absolute atomic E-state index is 0.0109. The van der Waals surface area contributed by atoms with E-state index in [4.69, 9.17) is 9.47 Å². The number of pyridine rings is 1. The van der Waals surface area contributed by atoms with E-state index in [-0.39, 0.29) is 23.2 Å². The van der Waals surface area contributed by atoms with Gasteiger partial charge in [-0.1, -0.05) is 6.07 Å². The molecule has 1 aliphatic carbocycles. The zero-order chi connectivity index (χ0) is 23.2. The van der Waals surface area contributed by atoms with E-state index >= 15 is 0 Å². The Balaban J connectivity index is 1.72. The Labute approximate surface area is 190 Å². The Hall–Kier alpha value is -3.68. The highest BCUT2D eigenvalue weighted by molar-refractivity contribution is 5.88. The number of benzene rings is 2. The summed E-state index contributed by atoms with van der Waals surface area (Å²) in [4.78, 5) is 17.4. The average Bonchev–Trinajstić information content (AvgIpc) is 3.32. The van der Waals surface area contributed by atoms with Crippen molar-refractivity contribution in [2.75, 3.05) is 4.90 Å². The second kappa shape index (κ2) is 10.3. The highest BCUT2D eigenvalue weighted by Gasteiger charge is 2.22. The molecule has 33 heavy (non-hydrogen) atoms. The normalized spacial score (nSPS) is 13.8. The fourth-order valence-electron chi connectivity index (χ4n) is 3.93. The smallest absolute Gasteiger partial charge is 0.387 e. The van der Waals surface area contributed by atoms with Crippen LogP contribution in [-0.4, -0.2) is 28.8 Å². The number of carboxylic acids is 1. The molecule has 1 heterocycles. The lowest BCUT2D eigenvalue weighted by Crippen LogP contribution is -2.18. The molecule has 0 atom stereocenters. The van der Waals surface area contributed by atoms with Crippen molar-refractivity contribution in [3.8, 4) is 11.5 Å². The Bertz CT molecular complexity index is 1070. The maximum Gasteiger partial charge on any atom is 0.387 e. The van der Waals surface area contributed by atoms with Crippen molar-refractivity contribution >= 4 is 17.3 Å². The Morgan fingerprint density at radius 1 is 1.06 bits per heavy atom. The van der Waals surface area contributed by atoms with Crippen LogP contribution in [0.15, 0.2) is 67.0 Å². The summed E-state index contributed by atoms with van der Waals surface area (Å²) in [5.41, 5.74) is 2.52. The van der Waals surface area contributed by atoms with Crippen LogP contribution < -0.4 is 14.4 Å². The largest absolute Gasteiger partial charge is 0.486 e. The van der Waals surface area contributed by atoms with Gasteiger partial charge < -0.3 is 19.5 Å². The number of anilines is 2. The summed E-state index contributed by atoms with van der Waals surface area (Å²) in [6.07, 6.45) is 7.20. The topological polar surface area (TPSA) is 71.9 Å². The fourth-order valence-corrected chi connectivity index (χ4v) is 3.93. The van der Waals surface area contributed by atoms with E-state index in [9.17, 15) is 18.7 Å². The molecule has 4 rings (SSSR count). The van der Waals surface area contributed by atoms with Gasteiger partial charge in [-0.15, -0.1) is 0 Å². The SMILES string of the molecule is O=C(O)c1ccc(N(Cc2cccnc2)c2ccc(OC(F)F)c(OC3CCCC3)c2)cc1. The molecule has 1 saturated carbocycles. The van der Waals surface area contributed by atoms with E-state index in [1.807, 2.05) is 17.0 Å². The third kappa shape index (κ3) is 5.77. The number of alkyl halides is 2. The predicted octanol–water partition coefficient (Wildman–Crippen LogP) is 6.04. The van der Waals surface area contributed by atoms with Crippen LogP contribution in [0.25, 0.3) is 0 Å². The number of aromatic carboxylic acids is 1. The van der Waals surface area contributed by atoms with E-state index in [0.29, 0.717) is 12.2 Å². The van der Waals surface area contributed by atoms with Crippen molar-refractivity contribution in [3.05, 3.63) is 78.1 Å². The third-order valence-electron chi connectivity index (χ3n) is 5.54. The molecule has 3 aromatic rings. The lowest BCUT2D eigenvalue weighted by atomic mass is 10.1. The number of halogens is 2. The van der Waals surface area contributed by atoms with Gasteiger partial charge in [-0.2, -0.15) is 8.78 Å². The number of rotatable bonds is 9. The number of nitrogens with zero attached hydrogens (tertiary/aromatic N) is 2. The van der Waals surface area contributed by atoms with Gasteiger partial charge in [-0.25, -0.2) is 4.79 Å².